The number of esters is 1. The third kappa shape index (κ3) is 4.83. The van der Waals surface area contributed by atoms with Crippen molar-refractivity contribution in [1.82, 2.24) is 9.88 Å². The number of thiazole rings is 1. The van der Waals surface area contributed by atoms with Gasteiger partial charge in [0.1, 0.15) is 29.3 Å². The van der Waals surface area contributed by atoms with Crippen molar-refractivity contribution < 1.29 is 33.3 Å². The second kappa shape index (κ2) is 9.19. The first-order valence-corrected chi connectivity index (χ1v) is 9.83. The molecular formula is C19H21FN2O6S. The number of carbonyl (C=O) groups is 2. The van der Waals surface area contributed by atoms with Crippen molar-refractivity contribution in [2.45, 2.75) is 19.4 Å². The lowest BCUT2D eigenvalue weighted by Crippen LogP contribution is -2.47. The first kappa shape index (κ1) is 21.0. The van der Waals surface area contributed by atoms with E-state index in [1.165, 1.54) is 35.5 Å². The maximum atomic E-state index is 14.9. The van der Waals surface area contributed by atoms with Gasteiger partial charge in [0, 0.05) is 17.6 Å². The molecule has 1 atom stereocenters. The summed E-state index contributed by atoms with van der Waals surface area (Å²) in [4.78, 5) is 29.6. The molecule has 1 aliphatic rings. The molecule has 3 rings (SSSR count). The van der Waals surface area contributed by atoms with Crippen LogP contribution in [0.5, 0.6) is 5.75 Å². The number of halogens is 1. The first-order valence-electron chi connectivity index (χ1n) is 9.02. The van der Waals surface area contributed by atoms with Crippen LogP contribution in [-0.4, -0.2) is 66.6 Å². The molecule has 8 nitrogen and oxygen atoms in total. The summed E-state index contributed by atoms with van der Waals surface area (Å²) in [6, 6.07) is 2.73. The summed E-state index contributed by atoms with van der Waals surface area (Å²) in [7, 11) is 1.17. The highest BCUT2D eigenvalue weighted by atomic mass is 32.1. The lowest BCUT2D eigenvalue weighted by molar-refractivity contribution is -0.0412. The van der Waals surface area contributed by atoms with E-state index in [0.717, 1.165) is 11.3 Å². The second-order valence-corrected chi connectivity index (χ2v) is 7.46. The molecule has 0 bridgehead atoms. The van der Waals surface area contributed by atoms with Crippen LogP contribution in [0.1, 0.15) is 22.2 Å². The number of aromatic nitrogens is 1. The predicted octanol–water partition coefficient (Wildman–Crippen LogP) is 3.06. The van der Waals surface area contributed by atoms with Crippen LogP contribution in [-0.2, 0) is 15.9 Å². The van der Waals surface area contributed by atoms with E-state index >= 15 is 0 Å². The van der Waals surface area contributed by atoms with Crippen LogP contribution >= 0.6 is 11.3 Å². The van der Waals surface area contributed by atoms with Crippen molar-refractivity contribution in [2.24, 2.45) is 0 Å². The number of ether oxygens (including phenoxy) is 3. The summed E-state index contributed by atoms with van der Waals surface area (Å²) in [5.74, 6) is -1.31. The van der Waals surface area contributed by atoms with E-state index in [0.29, 0.717) is 11.6 Å². The fraction of sp³-hybridized carbons (Fsp3) is 0.421. The number of rotatable bonds is 6. The fourth-order valence-electron chi connectivity index (χ4n) is 2.87. The van der Waals surface area contributed by atoms with Crippen LogP contribution in [0.4, 0.5) is 9.18 Å². The molecular weight excluding hydrogens is 403 g/mol. The topological polar surface area (TPSA) is 98.2 Å². The molecule has 2 heterocycles. The van der Waals surface area contributed by atoms with Gasteiger partial charge in [-0.15, -0.1) is 11.3 Å². The number of methoxy groups -OCH3 is 1. The molecule has 10 heteroatoms. The Labute approximate surface area is 170 Å². The Morgan fingerprint density at radius 2 is 2.24 bits per heavy atom. The highest BCUT2D eigenvalue weighted by Gasteiger charge is 2.25. The predicted molar refractivity (Wildman–Crippen MR) is 103 cm³/mol. The normalized spacial score (nSPS) is 16.5. The van der Waals surface area contributed by atoms with Crippen molar-refractivity contribution in [3.8, 4) is 16.3 Å². The van der Waals surface area contributed by atoms with Gasteiger partial charge >= 0.3 is 12.1 Å². The second-order valence-electron chi connectivity index (χ2n) is 6.34. The van der Waals surface area contributed by atoms with Gasteiger partial charge in [0.15, 0.2) is 0 Å². The molecule has 1 saturated heterocycles. The molecule has 0 saturated carbocycles. The monoisotopic (exact) mass is 424 g/mol. The average molecular weight is 424 g/mol. The van der Waals surface area contributed by atoms with E-state index in [1.54, 1.807) is 6.20 Å². The van der Waals surface area contributed by atoms with Crippen molar-refractivity contribution in [1.29, 1.82) is 0 Å². The minimum Gasteiger partial charge on any atom is -0.491 e. The molecule has 0 radical (unpaired) electrons. The highest BCUT2D eigenvalue weighted by molar-refractivity contribution is 7.15. The summed E-state index contributed by atoms with van der Waals surface area (Å²) in [5, 5.41) is 9.54. The number of amides is 1. The molecule has 1 fully saturated rings. The SMILES string of the molecule is CCc1cnc(-c2cc(OCC3CN(C(=O)O)CCO3)cc(C(=O)OC)c2F)s1. The summed E-state index contributed by atoms with van der Waals surface area (Å²) >= 11 is 1.33. The number of morpholine rings is 1. The van der Waals surface area contributed by atoms with Gasteiger partial charge in [-0.05, 0) is 18.6 Å². The third-order valence-corrected chi connectivity index (χ3v) is 5.60. The zero-order valence-electron chi connectivity index (χ0n) is 16.0. The average Bonchev–Trinajstić information content (AvgIpc) is 3.21. The Morgan fingerprint density at radius 3 is 2.90 bits per heavy atom. The summed E-state index contributed by atoms with van der Waals surface area (Å²) < 4.78 is 30.9. The number of benzene rings is 1. The summed E-state index contributed by atoms with van der Waals surface area (Å²) in [6.07, 6.45) is 0.937. The molecule has 1 unspecified atom stereocenters. The van der Waals surface area contributed by atoms with E-state index in [-0.39, 0.29) is 36.6 Å². The quantitative estimate of drug-likeness (QED) is 0.712. The Morgan fingerprint density at radius 1 is 1.45 bits per heavy atom. The lowest BCUT2D eigenvalue weighted by atomic mass is 10.1. The molecule has 0 aliphatic carbocycles. The van der Waals surface area contributed by atoms with Crippen LogP contribution in [0.25, 0.3) is 10.6 Å². The van der Waals surface area contributed by atoms with E-state index in [2.05, 4.69) is 9.72 Å². The van der Waals surface area contributed by atoms with Crippen LogP contribution in [0.15, 0.2) is 18.3 Å². The molecule has 1 aliphatic heterocycles. The molecule has 0 spiro atoms. The summed E-state index contributed by atoms with van der Waals surface area (Å²) in [5.41, 5.74) is -0.116. The Hall–Kier alpha value is -2.72. The lowest BCUT2D eigenvalue weighted by Gasteiger charge is -2.30. The maximum Gasteiger partial charge on any atom is 0.407 e. The Bertz CT molecular complexity index is 903. The zero-order valence-corrected chi connectivity index (χ0v) is 16.8. The minimum atomic E-state index is -1.02. The number of aryl methyl sites for hydroxylation is 1. The molecule has 1 N–H and O–H groups in total. The van der Waals surface area contributed by atoms with Gasteiger partial charge < -0.3 is 24.2 Å². The minimum absolute atomic E-state index is 0.0492. The van der Waals surface area contributed by atoms with E-state index in [1.807, 2.05) is 6.92 Å². The van der Waals surface area contributed by atoms with E-state index in [4.69, 9.17) is 14.6 Å². The number of hydrogen-bond acceptors (Lipinski definition) is 7. The van der Waals surface area contributed by atoms with E-state index < -0.39 is 24.0 Å². The van der Waals surface area contributed by atoms with Crippen molar-refractivity contribution in [2.75, 3.05) is 33.4 Å². The van der Waals surface area contributed by atoms with Crippen molar-refractivity contribution in [3.63, 3.8) is 0 Å². The van der Waals surface area contributed by atoms with Crippen LogP contribution in [0.3, 0.4) is 0 Å². The zero-order chi connectivity index (χ0) is 21.0. The van der Waals surface area contributed by atoms with Gasteiger partial charge in [-0.1, -0.05) is 6.92 Å². The molecule has 1 aromatic heterocycles. The van der Waals surface area contributed by atoms with Crippen LogP contribution < -0.4 is 4.74 Å². The summed E-state index contributed by atoms with van der Waals surface area (Å²) in [6.45, 7) is 2.74. The van der Waals surface area contributed by atoms with Gasteiger partial charge in [-0.25, -0.2) is 19.0 Å². The van der Waals surface area contributed by atoms with Gasteiger partial charge in [0.25, 0.3) is 0 Å². The largest absolute Gasteiger partial charge is 0.491 e. The number of nitrogens with zero attached hydrogens (tertiary/aromatic N) is 2. The van der Waals surface area contributed by atoms with E-state index in [9.17, 15) is 14.0 Å². The van der Waals surface area contributed by atoms with Crippen LogP contribution in [0.2, 0.25) is 0 Å². The Balaban J connectivity index is 1.85. The van der Waals surface area contributed by atoms with Gasteiger partial charge in [-0.3, -0.25) is 0 Å². The van der Waals surface area contributed by atoms with Gasteiger partial charge in [0.05, 0.1) is 31.4 Å². The number of carboxylic acid groups (broad SMARTS) is 1. The molecule has 156 valence electrons. The fourth-order valence-corrected chi connectivity index (χ4v) is 3.74. The molecule has 2 aromatic rings. The Kier molecular flexibility index (Phi) is 6.65. The highest BCUT2D eigenvalue weighted by Crippen LogP contribution is 2.33. The first-order chi connectivity index (χ1) is 13.9. The smallest absolute Gasteiger partial charge is 0.407 e. The van der Waals surface area contributed by atoms with Crippen molar-refractivity contribution >= 4 is 23.4 Å². The van der Waals surface area contributed by atoms with Crippen molar-refractivity contribution in [3.05, 3.63) is 34.6 Å². The molecule has 1 aromatic carbocycles. The van der Waals surface area contributed by atoms with Gasteiger partial charge in [0.2, 0.25) is 0 Å². The molecule has 1 amide bonds. The standard InChI is InChI=1S/C19H21FN2O6S/c1-3-13-8-21-17(29-13)14-6-11(7-15(16(14)20)18(23)26-2)28-10-12-9-22(19(24)25)4-5-27-12/h6-8,12H,3-5,9-10H2,1-2H3,(H,24,25). The number of carbonyl (C=O) groups excluding carboxylic acids is 1. The third-order valence-electron chi connectivity index (χ3n) is 4.43. The number of hydrogen-bond donors (Lipinski definition) is 1. The van der Waals surface area contributed by atoms with Gasteiger partial charge in [-0.2, -0.15) is 0 Å². The maximum absolute atomic E-state index is 14.9. The molecule has 29 heavy (non-hydrogen) atoms. The van der Waals surface area contributed by atoms with Crippen LogP contribution in [0, 0.1) is 5.82 Å².